The first-order valence-electron chi connectivity index (χ1n) is 14.0. The maximum atomic E-state index is 14.1. The second kappa shape index (κ2) is 12.8. The van der Waals surface area contributed by atoms with Gasteiger partial charge in [-0.1, -0.05) is 54.9 Å². The second-order valence-electron chi connectivity index (χ2n) is 10.5. The summed E-state index contributed by atoms with van der Waals surface area (Å²) in [5.74, 6) is -0.0451. The van der Waals surface area contributed by atoms with E-state index in [1.54, 1.807) is 0 Å². The summed E-state index contributed by atoms with van der Waals surface area (Å²) >= 11 is 1.33. The molecule has 2 aliphatic rings. The van der Waals surface area contributed by atoms with Crippen LogP contribution in [0.2, 0.25) is 0 Å². The molecule has 2 aromatic carbocycles. The molecule has 0 spiro atoms. The molecule has 0 bridgehead atoms. The number of rotatable bonds is 9. The number of morpholine rings is 1. The Kier molecular flexibility index (Phi) is 9.01. The van der Waals surface area contributed by atoms with E-state index in [4.69, 9.17) is 4.74 Å². The van der Waals surface area contributed by atoms with E-state index < -0.39 is 5.54 Å². The van der Waals surface area contributed by atoms with Crippen LogP contribution in [0.5, 0.6) is 0 Å². The van der Waals surface area contributed by atoms with Gasteiger partial charge in [-0.2, -0.15) is 0 Å². The molecule has 1 saturated heterocycles. The van der Waals surface area contributed by atoms with Crippen LogP contribution in [0.3, 0.4) is 0 Å². The van der Waals surface area contributed by atoms with Gasteiger partial charge in [-0.05, 0) is 62.6 Å². The Morgan fingerprint density at radius 3 is 2.27 bits per heavy atom. The van der Waals surface area contributed by atoms with Crippen LogP contribution in [0.1, 0.15) is 42.6 Å². The average molecular weight is 560 g/mol. The first-order valence-corrected chi connectivity index (χ1v) is 15.0. The quantitative estimate of drug-likeness (QED) is 0.292. The molecule has 3 aromatic rings. The molecule has 2 fully saturated rings. The van der Waals surface area contributed by atoms with E-state index in [1.165, 1.54) is 11.8 Å². The molecule has 8 nitrogen and oxygen atoms in total. The summed E-state index contributed by atoms with van der Waals surface area (Å²) < 4.78 is 5.46. The van der Waals surface area contributed by atoms with Crippen molar-refractivity contribution in [1.29, 1.82) is 0 Å². The van der Waals surface area contributed by atoms with Crippen LogP contribution < -0.4 is 10.2 Å². The highest BCUT2D eigenvalue weighted by molar-refractivity contribution is 7.99. The van der Waals surface area contributed by atoms with Gasteiger partial charge in [0.05, 0.1) is 19.0 Å². The first kappa shape index (κ1) is 28.1. The Hall–Kier alpha value is -3.43. The van der Waals surface area contributed by atoms with Gasteiger partial charge in [-0.25, -0.2) is 9.97 Å². The molecule has 1 aromatic heterocycles. The number of aromatic nitrogens is 2. The van der Waals surface area contributed by atoms with Crippen molar-refractivity contribution >= 4 is 35.0 Å². The molecule has 5 rings (SSSR count). The summed E-state index contributed by atoms with van der Waals surface area (Å²) in [5.41, 5.74) is 3.67. The molecule has 0 atom stereocenters. The van der Waals surface area contributed by atoms with Crippen LogP contribution in [0, 0.1) is 13.8 Å². The topological polar surface area (TPSA) is 87.7 Å². The van der Waals surface area contributed by atoms with E-state index >= 15 is 0 Å². The summed E-state index contributed by atoms with van der Waals surface area (Å²) in [4.78, 5) is 41.0. The lowest BCUT2D eigenvalue weighted by Crippen LogP contribution is -2.57. The molecule has 2 heterocycles. The zero-order valence-corrected chi connectivity index (χ0v) is 24.1. The molecule has 0 radical (unpaired) electrons. The summed E-state index contributed by atoms with van der Waals surface area (Å²) in [7, 11) is 0. The van der Waals surface area contributed by atoms with Gasteiger partial charge < -0.3 is 19.9 Å². The highest BCUT2D eigenvalue weighted by atomic mass is 32.2. The molecule has 1 aliphatic carbocycles. The molecule has 1 saturated carbocycles. The minimum atomic E-state index is -0.917. The minimum Gasteiger partial charge on any atom is -0.378 e. The number of thioether (sulfide) groups is 1. The van der Waals surface area contributed by atoms with Crippen LogP contribution in [-0.4, -0.2) is 64.3 Å². The van der Waals surface area contributed by atoms with E-state index in [1.807, 2.05) is 79.4 Å². The van der Waals surface area contributed by atoms with Crippen LogP contribution >= 0.6 is 11.8 Å². The van der Waals surface area contributed by atoms with E-state index in [0.29, 0.717) is 24.5 Å². The van der Waals surface area contributed by atoms with E-state index in [0.717, 1.165) is 67.5 Å². The monoisotopic (exact) mass is 559 g/mol. The van der Waals surface area contributed by atoms with Gasteiger partial charge in [0, 0.05) is 42.4 Å². The van der Waals surface area contributed by atoms with Crippen molar-refractivity contribution in [1.82, 2.24) is 14.9 Å². The van der Waals surface area contributed by atoms with E-state index in [9.17, 15) is 9.59 Å². The molecule has 9 heteroatoms. The van der Waals surface area contributed by atoms with Crippen molar-refractivity contribution in [2.24, 2.45) is 0 Å². The van der Waals surface area contributed by atoms with Gasteiger partial charge in [-0.3, -0.25) is 9.59 Å². The van der Waals surface area contributed by atoms with Gasteiger partial charge in [0.15, 0.2) is 5.16 Å². The number of anilines is 2. The zero-order chi connectivity index (χ0) is 28.0. The molecule has 1 aliphatic heterocycles. The predicted molar refractivity (Wildman–Crippen MR) is 159 cm³/mol. The number of carbonyl (C=O) groups is 2. The summed E-state index contributed by atoms with van der Waals surface area (Å²) in [6.45, 7) is 7.38. The lowest BCUT2D eigenvalue weighted by Gasteiger charge is -2.40. The van der Waals surface area contributed by atoms with Crippen molar-refractivity contribution in [2.45, 2.75) is 56.8 Å². The summed E-state index contributed by atoms with van der Waals surface area (Å²) in [6, 6.07) is 19.8. The zero-order valence-electron chi connectivity index (χ0n) is 23.3. The fourth-order valence-electron chi connectivity index (χ4n) is 5.61. The Labute approximate surface area is 240 Å². The SMILES string of the molecule is Cc1cc(C)nc(SCC(=O)N(Cc2ccccc2)C2(C(=O)Nc3ccc(N4CCOCC4)cc3)CCCC2)n1. The number of nitrogens with one attached hydrogen (secondary N) is 1. The number of benzene rings is 2. The maximum Gasteiger partial charge on any atom is 0.250 e. The highest BCUT2D eigenvalue weighted by Crippen LogP contribution is 2.38. The van der Waals surface area contributed by atoms with E-state index in [2.05, 4.69) is 20.2 Å². The van der Waals surface area contributed by atoms with Crippen LogP contribution in [-0.2, 0) is 20.9 Å². The first-order chi connectivity index (χ1) is 19.4. The summed E-state index contributed by atoms with van der Waals surface area (Å²) in [6.07, 6.45) is 3.06. The maximum absolute atomic E-state index is 14.1. The van der Waals surface area contributed by atoms with Crippen molar-refractivity contribution in [3.63, 3.8) is 0 Å². The minimum absolute atomic E-state index is 0.0867. The molecular formula is C31H37N5O3S. The number of aryl methyl sites for hydroxylation is 2. The van der Waals surface area contributed by atoms with Crippen molar-refractivity contribution in [3.05, 3.63) is 77.6 Å². The molecule has 0 unspecified atom stereocenters. The number of amides is 2. The molecular weight excluding hydrogens is 522 g/mol. The van der Waals surface area contributed by atoms with Crippen molar-refractivity contribution in [3.8, 4) is 0 Å². The Balaban J connectivity index is 1.36. The lowest BCUT2D eigenvalue weighted by molar-refractivity contribution is -0.144. The largest absolute Gasteiger partial charge is 0.378 e. The average Bonchev–Trinajstić information content (AvgIpc) is 3.47. The van der Waals surface area contributed by atoms with Gasteiger partial charge in [0.1, 0.15) is 5.54 Å². The van der Waals surface area contributed by atoms with Crippen LogP contribution in [0.25, 0.3) is 0 Å². The second-order valence-corrected chi connectivity index (χ2v) is 11.5. The lowest BCUT2D eigenvalue weighted by atomic mass is 9.92. The van der Waals surface area contributed by atoms with Crippen LogP contribution in [0.15, 0.2) is 65.8 Å². The fourth-order valence-corrected chi connectivity index (χ4v) is 6.44. The van der Waals surface area contributed by atoms with Crippen LogP contribution in [0.4, 0.5) is 11.4 Å². The van der Waals surface area contributed by atoms with Crippen molar-refractivity contribution in [2.75, 3.05) is 42.3 Å². The number of ether oxygens (including phenoxy) is 1. The third kappa shape index (κ3) is 6.64. The number of hydrogen-bond acceptors (Lipinski definition) is 7. The predicted octanol–water partition coefficient (Wildman–Crippen LogP) is 5.00. The summed E-state index contributed by atoms with van der Waals surface area (Å²) in [5, 5.41) is 3.74. The van der Waals surface area contributed by atoms with E-state index in [-0.39, 0.29) is 17.6 Å². The van der Waals surface area contributed by atoms with Gasteiger partial charge in [0.25, 0.3) is 0 Å². The van der Waals surface area contributed by atoms with Gasteiger partial charge >= 0.3 is 0 Å². The number of hydrogen-bond donors (Lipinski definition) is 1. The number of carbonyl (C=O) groups excluding carboxylic acids is 2. The third-order valence-corrected chi connectivity index (χ3v) is 8.47. The van der Waals surface area contributed by atoms with Crippen molar-refractivity contribution < 1.29 is 14.3 Å². The Morgan fingerprint density at radius 2 is 1.62 bits per heavy atom. The smallest absolute Gasteiger partial charge is 0.250 e. The molecule has 2 amide bonds. The third-order valence-electron chi connectivity index (χ3n) is 7.64. The number of nitrogens with zero attached hydrogens (tertiary/aromatic N) is 4. The molecule has 40 heavy (non-hydrogen) atoms. The van der Waals surface area contributed by atoms with Gasteiger partial charge in [-0.15, -0.1) is 0 Å². The van der Waals surface area contributed by atoms with Gasteiger partial charge in [0.2, 0.25) is 11.8 Å². The standard InChI is InChI=1S/C31H37N5O3S/c1-23-20-24(2)33-30(32-23)40-22-28(37)36(21-25-8-4-3-5-9-25)31(14-6-7-15-31)29(38)34-26-10-12-27(13-11-26)35-16-18-39-19-17-35/h3-5,8-13,20H,6-7,14-19,21-22H2,1-2H3,(H,34,38). The Bertz CT molecular complexity index is 1290. The highest BCUT2D eigenvalue weighted by Gasteiger charge is 2.48. The Morgan fingerprint density at radius 1 is 0.975 bits per heavy atom. The fraction of sp³-hybridized carbons (Fsp3) is 0.419. The molecule has 210 valence electrons. The normalized spacial score (nSPS) is 16.5. The molecule has 1 N–H and O–H groups in total.